The number of nitrogens with zero attached hydrogens (tertiary/aromatic N) is 4. The van der Waals surface area contributed by atoms with Gasteiger partial charge in [0.1, 0.15) is 5.76 Å². The maximum absolute atomic E-state index is 12.3. The van der Waals surface area contributed by atoms with E-state index in [1.807, 2.05) is 31.4 Å². The van der Waals surface area contributed by atoms with E-state index < -0.39 is 0 Å². The molecule has 1 saturated carbocycles. The summed E-state index contributed by atoms with van der Waals surface area (Å²) in [6, 6.07) is 2.12. The van der Waals surface area contributed by atoms with Crippen LogP contribution in [0.25, 0.3) is 0 Å². The molecular weight excluding hydrogens is 462 g/mol. The Morgan fingerprint density at radius 1 is 1.20 bits per heavy atom. The molecule has 192 valence electrons. The molecule has 0 atom stereocenters. The van der Waals surface area contributed by atoms with Gasteiger partial charge in [-0.3, -0.25) is 9.69 Å². The highest BCUT2D eigenvalue weighted by atomic mass is 32.1. The molecule has 0 aromatic carbocycles. The molecule has 9 heteroatoms. The van der Waals surface area contributed by atoms with Gasteiger partial charge in [0.05, 0.1) is 23.9 Å². The number of nitrogens with one attached hydrogen (secondary N) is 1. The Labute approximate surface area is 212 Å². The van der Waals surface area contributed by atoms with E-state index >= 15 is 0 Å². The van der Waals surface area contributed by atoms with Crippen molar-refractivity contribution in [3.8, 4) is 0 Å². The molecule has 8 nitrogen and oxygen atoms in total. The number of thiazole rings is 1. The molecule has 0 spiro atoms. The van der Waals surface area contributed by atoms with E-state index in [-0.39, 0.29) is 12.3 Å². The van der Waals surface area contributed by atoms with Gasteiger partial charge in [0.15, 0.2) is 5.13 Å². The van der Waals surface area contributed by atoms with Crippen LogP contribution >= 0.6 is 11.3 Å². The maximum atomic E-state index is 12.3. The smallest absolute Gasteiger partial charge is 0.227 e. The first-order valence-corrected chi connectivity index (χ1v) is 14.1. The summed E-state index contributed by atoms with van der Waals surface area (Å²) in [7, 11) is 1.82. The number of carbonyl (C=O) groups is 1. The quantitative estimate of drug-likeness (QED) is 0.590. The van der Waals surface area contributed by atoms with Crippen molar-refractivity contribution in [3.63, 3.8) is 0 Å². The monoisotopic (exact) mass is 501 g/mol. The number of rotatable bonds is 8. The van der Waals surface area contributed by atoms with Crippen molar-refractivity contribution >= 4 is 22.4 Å². The Morgan fingerprint density at radius 2 is 2.00 bits per heavy atom. The molecule has 5 rings (SSSR count). The Bertz CT molecular complexity index is 976. The third-order valence-corrected chi connectivity index (χ3v) is 9.14. The van der Waals surface area contributed by atoms with Crippen LogP contribution in [0.2, 0.25) is 0 Å². The summed E-state index contributed by atoms with van der Waals surface area (Å²) in [6.07, 6.45) is 9.80. The summed E-state index contributed by atoms with van der Waals surface area (Å²) in [5.41, 5.74) is 2.12. The summed E-state index contributed by atoms with van der Waals surface area (Å²) >= 11 is 1.91. The molecule has 2 fully saturated rings. The summed E-state index contributed by atoms with van der Waals surface area (Å²) in [6.45, 7) is 7.27. The number of methoxy groups -OCH3 is 1. The Hall–Kier alpha value is -1.97. The van der Waals surface area contributed by atoms with E-state index in [1.54, 1.807) is 0 Å². The lowest BCUT2D eigenvalue weighted by Crippen LogP contribution is -2.39. The summed E-state index contributed by atoms with van der Waals surface area (Å²) in [5.74, 6) is 1.44. The SMILES string of the molecule is COC1CCN(c2nc3c(s2)CCN(CC[C@H]2CC[C@H](NC(=O)Cc4cc(C)no4)CC2)C3)CC1. The van der Waals surface area contributed by atoms with Gasteiger partial charge in [-0.1, -0.05) is 5.16 Å². The molecule has 2 aliphatic heterocycles. The number of anilines is 1. The van der Waals surface area contributed by atoms with Crippen molar-refractivity contribution in [2.24, 2.45) is 5.92 Å². The molecule has 1 aliphatic carbocycles. The van der Waals surface area contributed by atoms with Gasteiger partial charge in [-0.15, -0.1) is 11.3 Å². The van der Waals surface area contributed by atoms with Gasteiger partial charge >= 0.3 is 0 Å². The van der Waals surface area contributed by atoms with Crippen LogP contribution in [0.1, 0.15) is 67.0 Å². The van der Waals surface area contributed by atoms with Gasteiger partial charge in [-0.25, -0.2) is 4.98 Å². The second kappa shape index (κ2) is 11.4. The number of aryl methyl sites for hydroxylation is 1. The minimum Gasteiger partial charge on any atom is -0.381 e. The van der Waals surface area contributed by atoms with Crippen LogP contribution in [0.3, 0.4) is 0 Å². The van der Waals surface area contributed by atoms with E-state index in [0.29, 0.717) is 17.9 Å². The Balaban J connectivity index is 1.02. The molecule has 35 heavy (non-hydrogen) atoms. The number of aromatic nitrogens is 2. The van der Waals surface area contributed by atoms with E-state index in [2.05, 4.69) is 20.3 Å². The van der Waals surface area contributed by atoms with E-state index in [1.165, 1.54) is 35.0 Å². The zero-order chi connectivity index (χ0) is 24.2. The van der Waals surface area contributed by atoms with Gasteiger partial charge in [0.25, 0.3) is 0 Å². The van der Waals surface area contributed by atoms with Crippen molar-refractivity contribution < 1.29 is 14.1 Å². The van der Waals surface area contributed by atoms with Crippen LogP contribution in [0.4, 0.5) is 5.13 Å². The predicted octanol–water partition coefficient (Wildman–Crippen LogP) is 3.72. The lowest BCUT2D eigenvalue weighted by Gasteiger charge is -2.32. The molecule has 0 unspecified atom stereocenters. The van der Waals surface area contributed by atoms with E-state index in [9.17, 15) is 4.79 Å². The standard InChI is InChI=1S/C26H39N5O3S/c1-18-15-22(34-29-18)16-25(32)27-20-5-3-19(4-6-20)7-11-30-12-10-24-23(17-30)28-26(35-24)31-13-8-21(33-2)9-14-31/h15,19-21H,3-14,16-17H2,1-2H3,(H,27,32)/t19-,20-. The van der Waals surface area contributed by atoms with Crippen molar-refractivity contribution in [2.45, 2.75) is 83.4 Å². The number of fused-ring (bicyclic) bond motifs is 1. The first kappa shape index (κ1) is 24.7. The van der Waals surface area contributed by atoms with Gasteiger partial charge in [0.2, 0.25) is 5.91 Å². The number of hydrogen-bond donors (Lipinski definition) is 1. The molecule has 1 amide bonds. The first-order valence-electron chi connectivity index (χ1n) is 13.3. The number of ether oxygens (including phenoxy) is 1. The van der Waals surface area contributed by atoms with Crippen LogP contribution in [0.15, 0.2) is 10.6 Å². The average molecular weight is 502 g/mol. The molecule has 0 radical (unpaired) electrons. The molecule has 2 aromatic rings. The van der Waals surface area contributed by atoms with E-state index in [4.69, 9.17) is 14.2 Å². The lowest BCUT2D eigenvalue weighted by molar-refractivity contribution is -0.121. The number of hydrogen-bond acceptors (Lipinski definition) is 8. The fourth-order valence-electron chi connectivity index (χ4n) is 5.75. The van der Waals surface area contributed by atoms with Crippen LogP contribution in [-0.4, -0.2) is 66.4 Å². The van der Waals surface area contributed by atoms with Crippen LogP contribution in [0.5, 0.6) is 0 Å². The van der Waals surface area contributed by atoms with Crippen LogP contribution in [-0.2, 0) is 28.9 Å². The fraction of sp³-hybridized carbons (Fsp3) is 0.731. The molecule has 4 heterocycles. The van der Waals surface area contributed by atoms with Gasteiger partial charge in [-0.05, 0) is 70.8 Å². The number of carbonyl (C=O) groups excluding carboxylic acids is 1. The summed E-state index contributed by atoms with van der Waals surface area (Å²) in [4.78, 5) is 23.9. The molecule has 3 aliphatic rings. The minimum atomic E-state index is 0.0411. The second-order valence-corrected chi connectivity index (χ2v) is 11.6. The third kappa shape index (κ3) is 6.43. The molecule has 1 N–H and O–H groups in total. The topological polar surface area (TPSA) is 83.7 Å². The third-order valence-electron chi connectivity index (χ3n) is 7.92. The molecule has 0 bridgehead atoms. The number of piperidine rings is 1. The number of amides is 1. The van der Waals surface area contributed by atoms with Crippen LogP contribution in [0, 0.1) is 12.8 Å². The summed E-state index contributed by atoms with van der Waals surface area (Å²) < 4.78 is 10.7. The van der Waals surface area contributed by atoms with Gasteiger partial charge < -0.3 is 19.5 Å². The fourth-order valence-corrected chi connectivity index (χ4v) is 6.85. The van der Waals surface area contributed by atoms with Gasteiger partial charge in [-0.2, -0.15) is 0 Å². The minimum absolute atomic E-state index is 0.0411. The van der Waals surface area contributed by atoms with Crippen molar-refractivity contribution in [3.05, 3.63) is 28.1 Å². The van der Waals surface area contributed by atoms with Crippen molar-refractivity contribution in [2.75, 3.05) is 38.2 Å². The largest absolute Gasteiger partial charge is 0.381 e. The molecule has 2 aromatic heterocycles. The zero-order valence-corrected chi connectivity index (χ0v) is 21.9. The first-order chi connectivity index (χ1) is 17.1. The molecule has 1 saturated heterocycles. The highest BCUT2D eigenvalue weighted by Gasteiger charge is 2.27. The normalized spacial score (nSPS) is 23.9. The summed E-state index contributed by atoms with van der Waals surface area (Å²) in [5, 5.41) is 8.26. The van der Waals surface area contributed by atoms with Crippen molar-refractivity contribution in [1.82, 2.24) is 20.4 Å². The Kier molecular flexibility index (Phi) is 8.04. The second-order valence-electron chi connectivity index (χ2n) is 10.5. The van der Waals surface area contributed by atoms with Crippen LogP contribution < -0.4 is 10.2 Å². The highest BCUT2D eigenvalue weighted by molar-refractivity contribution is 7.15. The average Bonchev–Trinajstić information content (AvgIpc) is 3.49. The maximum Gasteiger partial charge on any atom is 0.227 e. The van der Waals surface area contributed by atoms with E-state index in [0.717, 1.165) is 76.4 Å². The van der Waals surface area contributed by atoms with Gasteiger partial charge in [0, 0.05) is 50.3 Å². The highest BCUT2D eigenvalue weighted by Crippen LogP contribution is 2.33. The predicted molar refractivity (Wildman–Crippen MR) is 137 cm³/mol. The lowest BCUT2D eigenvalue weighted by atomic mass is 9.84. The van der Waals surface area contributed by atoms with Crippen molar-refractivity contribution in [1.29, 1.82) is 0 Å². The molecular formula is C26H39N5O3S. The Morgan fingerprint density at radius 3 is 2.71 bits per heavy atom. The zero-order valence-electron chi connectivity index (χ0n) is 21.1.